The SMILES string of the molecule is O=C(NNc1ncnc2c1cnn2-c1cccc(Cl)c1)c1cccc([N+](=O)[O-])c1. The molecular formula is C18H12ClN7O3. The fraction of sp³-hybridized carbons (Fsp3) is 0. The zero-order valence-electron chi connectivity index (χ0n) is 14.6. The van der Waals surface area contributed by atoms with Crippen LogP contribution in [0.25, 0.3) is 16.7 Å². The van der Waals surface area contributed by atoms with Crippen molar-refractivity contribution in [3.63, 3.8) is 0 Å². The van der Waals surface area contributed by atoms with Crippen molar-refractivity contribution in [2.24, 2.45) is 0 Å². The zero-order valence-corrected chi connectivity index (χ0v) is 15.4. The lowest BCUT2D eigenvalue weighted by Gasteiger charge is -2.09. The molecule has 1 amide bonds. The molecule has 29 heavy (non-hydrogen) atoms. The van der Waals surface area contributed by atoms with Gasteiger partial charge in [0.1, 0.15) is 6.33 Å². The third kappa shape index (κ3) is 3.69. The molecule has 11 heteroatoms. The van der Waals surface area contributed by atoms with Crippen molar-refractivity contribution in [3.05, 3.63) is 81.8 Å². The summed E-state index contributed by atoms with van der Waals surface area (Å²) in [5.74, 6) is -0.232. The van der Waals surface area contributed by atoms with E-state index in [-0.39, 0.29) is 11.3 Å². The summed E-state index contributed by atoms with van der Waals surface area (Å²) in [5, 5.41) is 16.3. The predicted molar refractivity (Wildman–Crippen MR) is 106 cm³/mol. The molecule has 0 radical (unpaired) electrons. The number of carbonyl (C=O) groups excluding carboxylic acids is 1. The van der Waals surface area contributed by atoms with Gasteiger partial charge in [0.2, 0.25) is 0 Å². The van der Waals surface area contributed by atoms with E-state index in [4.69, 9.17) is 11.6 Å². The van der Waals surface area contributed by atoms with Crippen LogP contribution >= 0.6 is 11.6 Å². The van der Waals surface area contributed by atoms with Gasteiger partial charge < -0.3 is 0 Å². The summed E-state index contributed by atoms with van der Waals surface area (Å²) in [6, 6.07) is 12.5. The molecule has 0 aliphatic carbocycles. The number of rotatable bonds is 5. The molecular weight excluding hydrogens is 398 g/mol. The molecule has 0 aliphatic rings. The van der Waals surface area contributed by atoms with Gasteiger partial charge in [-0.1, -0.05) is 23.7 Å². The summed E-state index contributed by atoms with van der Waals surface area (Å²) in [6.45, 7) is 0. The van der Waals surface area contributed by atoms with Gasteiger partial charge in [0.25, 0.3) is 11.6 Å². The van der Waals surface area contributed by atoms with Gasteiger partial charge in [0.15, 0.2) is 11.5 Å². The average molecular weight is 410 g/mol. The van der Waals surface area contributed by atoms with E-state index in [9.17, 15) is 14.9 Å². The number of nitro benzene ring substituents is 1. The standard InChI is InChI=1S/C18H12ClN7O3/c19-12-4-2-5-13(8-12)25-17-15(9-22-25)16(20-10-21-17)23-24-18(27)11-3-1-6-14(7-11)26(28)29/h1-10H,(H,24,27)(H,20,21,23). The fourth-order valence-corrected chi connectivity index (χ4v) is 2.87. The van der Waals surface area contributed by atoms with E-state index in [1.807, 2.05) is 6.07 Å². The number of nitro groups is 1. The maximum atomic E-state index is 12.3. The zero-order chi connectivity index (χ0) is 20.4. The van der Waals surface area contributed by atoms with Crippen LogP contribution in [-0.2, 0) is 0 Å². The number of anilines is 1. The highest BCUT2D eigenvalue weighted by Gasteiger charge is 2.14. The number of amides is 1. The Bertz CT molecular complexity index is 1240. The van der Waals surface area contributed by atoms with E-state index in [0.29, 0.717) is 21.9 Å². The monoisotopic (exact) mass is 409 g/mol. The second kappa shape index (κ2) is 7.52. The number of carbonyl (C=O) groups is 1. The van der Waals surface area contributed by atoms with Crippen LogP contribution < -0.4 is 10.9 Å². The largest absolute Gasteiger partial charge is 0.281 e. The third-order valence-electron chi connectivity index (χ3n) is 4.03. The normalized spacial score (nSPS) is 10.7. The molecule has 2 aromatic carbocycles. The third-order valence-corrected chi connectivity index (χ3v) is 4.27. The highest BCUT2D eigenvalue weighted by atomic mass is 35.5. The second-order valence-electron chi connectivity index (χ2n) is 5.88. The smallest absolute Gasteiger partial charge is 0.270 e. The van der Waals surface area contributed by atoms with Crippen molar-refractivity contribution >= 4 is 40.0 Å². The number of nitrogens with one attached hydrogen (secondary N) is 2. The Balaban J connectivity index is 1.58. The summed E-state index contributed by atoms with van der Waals surface area (Å²) in [7, 11) is 0. The maximum Gasteiger partial charge on any atom is 0.270 e. The molecule has 0 fully saturated rings. The first-order valence-electron chi connectivity index (χ1n) is 8.28. The van der Waals surface area contributed by atoms with Crippen LogP contribution in [-0.4, -0.2) is 30.6 Å². The summed E-state index contributed by atoms with van der Waals surface area (Å²) >= 11 is 6.04. The van der Waals surface area contributed by atoms with Crippen LogP contribution in [0, 0.1) is 10.1 Å². The Morgan fingerprint density at radius 3 is 2.76 bits per heavy atom. The van der Waals surface area contributed by atoms with Crippen molar-refractivity contribution in [1.29, 1.82) is 0 Å². The van der Waals surface area contributed by atoms with Gasteiger partial charge in [-0.05, 0) is 24.3 Å². The van der Waals surface area contributed by atoms with Gasteiger partial charge in [-0.15, -0.1) is 0 Å². The highest BCUT2D eigenvalue weighted by molar-refractivity contribution is 6.30. The minimum Gasteiger partial charge on any atom is -0.281 e. The molecule has 144 valence electrons. The molecule has 0 aliphatic heterocycles. The molecule has 0 atom stereocenters. The summed E-state index contributed by atoms with van der Waals surface area (Å²) < 4.78 is 1.59. The maximum absolute atomic E-state index is 12.3. The van der Waals surface area contributed by atoms with E-state index in [1.165, 1.54) is 30.6 Å². The first kappa shape index (κ1) is 18.3. The summed E-state index contributed by atoms with van der Waals surface area (Å²) in [4.78, 5) is 31.0. The lowest BCUT2D eigenvalue weighted by molar-refractivity contribution is -0.384. The number of fused-ring (bicyclic) bond motifs is 1. The highest BCUT2D eigenvalue weighted by Crippen LogP contribution is 2.22. The van der Waals surface area contributed by atoms with Gasteiger partial charge in [-0.2, -0.15) is 5.10 Å². The van der Waals surface area contributed by atoms with E-state index in [2.05, 4.69) is 25.9 Å². The molecule has 10 nitrogen and oxygen atoms in total. The van der Waals surface area contributed by atoms with E-state index in [1.54, 1.807) is 29.1 Å². The average Bonchev–Trinajstić information content (AvgIpc) is 3.17. The van der Waals surface area contributed by atoms with E-state index >= 15 is 0 Å². The number of hydrogen-bond acceptors (Lipinski definition) is 7. The van der Waals surface area contributed by atoms with E-state index < -0.39 is 10.8 Å². The van der Waals surface area contributed by atoms with Crippen LogP contribution in [0.15, 0.2) is 61.1 Å². The minimum absolute atomic E-state index is 0.131. The molecule has 0 saturated heterocycles. The van der Waals surface area contributed by atoms with Crippen LogP contribution in [0.2, 0.25) is 5.02 Å². The number of hydrazine groups is 1. The van der Waals surface area contributed by atoms with Gasteiger partial charge >= 0.3 is 0 Å². The Morgan fingerprint density at radius 1 is 1.14 bits per heavy atom. The molecule has 0 unspecified atom stereocenters. The lowest BCUT2D eigenvalue weighted by Crippen LogP contribution is -2.29. The topological polar surface area (TPSA) is 128 Å². The Labute approximate surface area is 168 Å². The number of hydrogen-bond donors (Lipinski definition) is 2. The molecule has 0 saturated carbocycles. The van der Waals surface area contributed by atoms with E-state index in [0.717, 1.165) is 5.69 Å². The van der Waals surface area contributed by atoms with Crippen LogP contribution in [0.1, 0.15) is 10.4 Å². The van der Waals surface area contributed by atoms with Crippen molar-refractivity contribution in [3.8, 4) is 5.69 Å². The molecule has 4 aromatic rings. The summed E-state index contributed by atoms with van der Waals surface area (Å²) in [6.07, 6.45) is 2.88. The predicted octanol–water partition coefficient (Wildman–Crippen LogP) is 3.13. The van der Waals surface area contributed by atoms with Crippen LogP contribution in [0.3, 0.4) is 0 Å². The number of non-ortho nitro benzene ring substituents is 1. The number of benzene rings is 2. The molecule has 4 rings (SSSR count). The molecule has 0 spiro atoms. The van der Waals surface area contributed by atoms with Crippen molar-refractivity contribution < 1.29 is 9.72 Å². The van der Waals surface area contributed by atoms with Crippen molar-refractivity contribution in [2.45, 2.75) is 0 Å². The molecule has 2 aromatic heterocycles. The molecule has 2 N–H and O–H groups in total. The van der Waals surface area contributed by atoms with Gasteiger partial charge in [-0.25, -0.2) is 14.6 Å². The van der Waals surface area contributed by atoms with Crippen LogP contribution in [0.4, 0.5) is 11.5 Å². The Hall–Kier alpha value is -4.05. The first-order valence-corrected chi connectivity index (χ1v) is 8.66. The number of nitrogens with zero attached hydrogens (tertiary/aromatic N) is 5. The van der Waals surface area contributed by atoms with Gasteiger partial charge in [0, 0.05) is 22.7 Å². The fourth-order valence-electron chi connectivity index (χ4n) is 2.69. The lowest BCUT2D eigenvalue weighted by atomic mass is 10.2. The number of aromatic nitrogens is 4. The van der Waals surface area contributed by atoms with Crippen LogP contribution in [0.5, 0.6) is 0 Å². The summed E-state index contributed by atoms with van der Waals surface area (Å²) in [5.41, 5.74) is 6.37. The Morgan fingerprint density at radius 2 is 1.97 bits per heavy atom. The van der Waals surface area contributed by atoms with Gasteiger partial charge in [0.05, 0.1) is 22.2 Å². The molecule has 0 bridgehead atoms. The molecule has 2 heterocycles. The number of halogens is 1. The minimum atomic E-state index is -0.567. The first-order chi connectivity index (χ1) is 14.0. The Kier molecular flexibility index (Phi) is 4.75. The van der Waals surface area contributed by atoms with Crippen molar-refractivity contribution in [1.82, 2.24) is 25.2 Å². The van der Waals surface area contributed by atoms with Gasteiger partial charge in [-0.3, -0.25) is 25.8 Å². The second-order valence-corrected chi connectivity index (χ2v) is 6.32. The van der Waals surface area contributed by atoms with Crippen molar-refractivity contribution in [2.75, 3.05) is 5.43 Å². The quantitative estimate of drug-likeness (QED) is 0.382.